The van der Waals surface area contributed by atoms with Crippen molar-refractivity contribution >= 4 is 66.1 Å². The van der Waals surface area contributed by atoms with Gasteiger partial charge in [-0.1, -0.05) is 96.7 Å². The van der Waals surface area contributed by atoms with Crippen LogP contribution in [0.5, 0.6) is 5.88 Å². The van der Waals surface area contributed by atoms with Gasteiger partial charge in [-0.3, -0.25) is 4.57 Å². The zero-order chi connectivity index (χ0) is 42.4. The molecule has 12 nitrogen and oxygen atoms in total. The van der Waals surface area contributed by atoms with Crippen molar-refractivity contribution in [2.24, 2.45) is 0 Å². The standard InChI is InChI=1S/C45H59N5O7Si2/c1-12-20-54-42-37-41(50(24-46-37)32-22-30(57-59(10,11)45(5,6)7)31(56-32)23-55-58(8,9)44(2,3)4)48-43(49-42)47-36-35-28-19-18-26-15-13-14-25-16-17-27(34(28)33(25)26)21-29(35)38(51)40(53)39(36)52/h12-19,21,24,30-32,36,38-40,51-53H,1,20,22-23H2,2-11H3,(H,47,48,49)/t30-,31+,32+,36+,38+,39-,40-/m0/s1. The van der Waals surface area contributed by atoms with E-state index in [1.807, 2.05) is 28.8 Å². The molecule has 4 aromatic carbocycles. The molecule has 0 amide bonds. The Morgan fingerprint density at radius 2 is 1.58 bits per heavy atom. The first-order chi connectivity index (χ1) is 27.7. The van der Waals surface area contributed by atoms with E-state index in [2.05, 4.69) is 104 Å². The zero-order valence-electron chi connectivity index (χ0n) is 35.9. The van der Waals surface area contributed by atoms with E-state index in [1.165, 1.54) is 0 Å². The van der Waals surface area contributed by atoms with E-state index in [0.717, 1.165) is 32.3 Å². The molecular formula is C45H59N5O7Si2. The smallest absolute Gasteiger partial charge is 0.247 e. The Hall–Kier alpha value is -4.00. The summed E-state index contributed by atoms with van der Waals surface area (Å²) in [5.74, 6) is 0.370. The van der Waals surface area contributed by atoms with Gasteiger partial charge < -0.3 is 39.0 Å². The Bertz CT molecular complexity index is 2510. The maximum atomic E-state index is 11.8. The summed E-state index contributed by atoms with van der Waals surface area (Å²) in [6, 6.07) is 15.4. The molecule has 0 radical (unpaired) electrons. The number of rotatable bonds is 11. The predicted molar refractivity (Wildman–Crippen MR) is 238 cm³/mol. The van der Waals surface area contributed by atoms with Crippen LogP contribution in [0.3, 0.4) is 0 Å². The summed E-state index contributed by atoms with van der Waals surface area (Å²) in [7, 11) is -4.32. The van der Waals surface area contributed by atoms with Crippen LogP contribution in [0.1, 0.15) is 77.5 Å². The molecular weight excluding hydrogens is 779 g/mol. The molecule has 1 saturated heterocycles. The number of hydrogen-bond donors (Lipinski definition) is 4. The minimum atomic E-state index is -2.21. The lowest BCUT2D eigenvalue weighted by Crippen LogP contribution is -2.48. The van der Waals surface area contributed by atoms with Crippen LogP contribution in [0.15, 0.2) is 67.5 Å². The molecule has 0 saturated carbocycles. The van der Waals surface area contributed by atoms with Crippen molar-refractivity contribution in [3.8, 4) is 5.88 Å². The molecule has 1 fully saturated rings. The molecule has 0 spiro atoms. The van der Waals surface area contributed by atoms with Gasteiger partial charge in [-0.05, 0) is 85.8 Å². The third kappa shape index (κ3) is 7.24. The number of nitrogens with one attached hydrogen (secondary N) is 1. The Morgan fingerprint density at radius 3 is 2.25 bits per heavy atom. The number of aliphatic hydroxyl groups is 3. The Labute approximate surface area is 348 Å². The number of benzene rings is 4. The fraction of sp³-hybridized carbons (Fsp3) is 0.489. The first kappa shape index (κ1) is 41.7. The SMILES string of the molecule is C=CCOc1nc(N[C@@H]2c3c(cc4ccc5cccc6ccc3c4c56)[C@@H](O)[C@H](O)[C@H]2O)nc2c1ncn2[C@H]1C[C@H](O[Si](C)(C)C(C)(C)C)[C@@H](CO[Si](C)(C)C(C)(C)C)O1. The van der Waals surface area contributed by atoms with Crippen LogP contribution >= 0.6 is 0 Å². The highest BCUT2D eigenvalue weighted by molar-refractivity contribution is 6.74. The van der Waals surface area contributed by atoms with E-state index in [0.29, 0.717) is 35.3 Å². The van der Waals surface area contributed by atoms with Gasteiger partial charge in [-0.15, -0.1) is 0 Å². The normalized spacial score (nSPS) is 24.4. The van der Waals surface area contributed by atoms with Crippen molar-refractivity contribution in [1.82, 2.24) is 19.5 Å². The minimum absolute atomic E-state index is 0.00924. The van der Waals surface area contributed by atoms with E-state index < -0.39 is 47.2 Å². The summed E-state index contributed by atoms with van der Waals surface area (Å²) >= 11 is 0. The van der Waals surface area contributed by atoms with Gasteiger partial charge in [0.25, 0.3) is 0 Å². The highest BCUT2D eigenvalue weighted by Crippen LogP contribution is 2.47. The molecule has 6 aromatic rings. The lowest BCUT2D eigenvalue weighted by Gasteiger charge is -2.40. The molecule has 8 rings (SSSR count). The summed E-state index contributed by atoms with van der Waals surface area (Å²) in [6.45, 7) is 26.8. The number of aromatic nitrogens is 4. The number of hydrogen-bond acceptors (Lipinski definition) is 11. The highest BCUT2D eigenvalue weighted by Gasteiger charge is 2.47. The minimum Gasteiger partial charge on any atom is -0.472 e. The summed E-state index contributed by atoms with van der Waals surface area (Å²) in [4.78, 5) is 14.5. The van der Waals surface area contributed by atoms with Crippen LogP contribution < -0.4 is 10.1 Å². The molecule has 14 heteroatoms. The van der Waals surface area contributed by atoms with Crippen molar-refractivity contribution < 1.29 is 33.6 Å². The van der Waals surface area contributed by atoms with Crippen LogP contribution in [0, 0.1) is 0 Å². The average molecular weight is 838 g/mol. The summed E-state index contributed by atoms with van der Waals surface area (Å²) < 4.78 is 28.7. The van der Waals surface area contributed by atoms with E-state index in [-0.39, 0.29) is 40.7 Å². The van der Waals surface area contributed by atoms with Crippen molar-refractivity contribution in [3.05, 3.63) is 78.6 Å². The van der Waals surface area contributed by atoms with Gasteiger partial charge in [0.15, 0.2) is 27.8 Å². The average Bonchev–Trinajstić information content (AvgIpc) is 3.78. The predicted octanol–water partition coefficient (Wildman–Crippen LogP) is 8.91. The molecule has 1 aliphatic carbocycles. The number of imidazole rings is 1. The Kier molecular flexibility index (Phi) is 10.5. The van der Waals surface area contributed by atoms with E-state index in [1.54, 1.807) is 12.4 Å². The van der Waals surface area contributed by atoms with Crippen molar-refractivity contribution in [3.63, 3.8) is 0 Å². The molecule has 1 aliphatic heterocycles. The Morgan fingerprint density at radius 1 is 0.898 bits per heavy atom. The molecule has 7 atom stereocenters. The molecule has 3 heterocycles. The van der Waals surface area contributed by atoms with Gasteiger partial charge in [-0.2, -0.15) is 9.97 Å². The lowest BCUT2D eigenvalue weighted by atomic mass is 9.77. The highest BCUT2D eigenvalue weighted by atomic mass is 28.4. The third-order valence-corrected chi connectivity index (χ3v) is 22.5. The maximum absolute atomic E-state index is 11.8. The van der Waals surface area contributed by atoms with Crippen molar-refractivity contribution in [1.29, 1.82) is 0 Å². The Balaban J connectivity index is 1.20. The largest absolute Gasteiger partial charge is 0.472 e. The number of nitrogens with zero attached hydrogens (tertiary/aromatic N) is 4. The van der Waals surface area contributed by atoms with E-state index >= 15 is 0 Å². The van der Waals surface area contributed by atoms with Crippen molar-refractivity contribution in [2.45, 2.75) is 127 Å². The summed E-state index contributed by atoms with van der Waals surface area (Å²) in [6.07, 6.45) is -1.36. The van der Waals surface area contributed by atoms with Gasteiger partial charge >= 0.3 is 0 Å². The maximum Gasteiger partial charge on any atom is 0.247 e. The first-order valence-corrected chi connectivity index (χ1v) is 26.5. The molecule has 2 aromatic heterocycles. The third-order valence-electron chi connectivity index (χ3n) is 13.5. The van der Waals surface area contributed by atoms with E-state index in [9.17, 15) is 15.3 Å². The van der Waals surface area contributed by atoms with Crippen LogP contribution in [0.2, 0.25) is 36.3 Å². The molecule has 59 heavy (non-hydrogen) atoms. The fourth-order valence-electron chi connectivity index (χ4n) is 8.09. The van der Waals surface area contributed by atoms with Crippen molar-refractivity contribution in [2.75, 3.05) is 18.5 Å². The number of aliphatic hydroxyl groups excluding tert-OH is 3. The second-order valence-electron chi connectivity index (χ2n) is 19.4. The van der Waals surface area contributed by atoms with Crippen LogP contribution in [-0.4, -0.2) is 89.1 Å². The van der Waals surface area contributed by atoms with Crippen LogP contribution in [-0.2, 0) is 13.6 Å². The van der Waals surface area contributed by atoms with Gasteiger partial charge in [0.05, 0.1) is 25.1 Å². The number of fused-ring (bicyclic) bond motifs is 3. The van der Waals surface area contributed by atoms with Gasteiger partial charge in [-0.25, -0.2) is 4.98 Å². The van der Waals surface area contributed by atoms with Gasteiger partial charge in [0.1, 0.15) is 37.3 Å². The number of ether oxygens (including phenoxy) is 2. The first-order valence-electron chi connectivity index (χ1n) is 20.7. The molecule has 4 N–H and O–H groups in total. The number of anilines is 1. The fourth-order valence-corrected chi connectivity index (χ4v) is 10.5. The van der Waals surface area contributed by atoms with Gasteiger partial charge in [0.2, 0.25) is 11.8 Å². The topological polar surface area (TPSA) is 153 Å². The van der Waals surface area contributed by atoms with Crippen LogP contribution in [0.4, 0.5) is 5.95 Å². The van der Waals surface area contributed by atoms with Gasteiger partial charge in [0, 0.05) is 6.42 Å². The molecule has 2 aliphatic rings. The summed E-state index contributed by atoms with van der Waals surface area (Å²) in [5, 5.41) is 44.0. The summed E-state index contributed by atoms with van der Waals surface area (Å²) in [5.41, 5.74) is 2.09. The molecule has 314 valence electrons. The lowest BCUT2D eigenvalue weighted by molar-refractivity contribution is -0.0767. The molecule has 0 unspecified atom stereocenters. The quantitative estimate of drug-likeness (QED) is 0.0562. The van der Waals surface area contributed by atoms with E-state index in [4.69, 9.17) is 33.3 Å². The van der Waals surface area contributed by atoms with Crippen LogP contribution in [0.25, 0.3) is 43.5 Å². The second kappa shape index (κ2) is 14.9. The molecule has 0 bridgehead atoms. The zero-order valence-corrected chi connectivity index (χ0v) is 37.9. The second-order valence-corrected chi connectivity index (χ2v) is 29.0. The monoisotopic (exact) mass is 837 g/mol.